The van der Waals surface area contributed by atoms with Crippen LogP contribution in [0.5, 0.6) is 0 Å². The summed E-state index contributed by atoms with van der Waals surface area (Å²) in [4.78, 5) is 19.8. The Balaban J connectivity index is 0.000000185. The molecular formula is C15H11IN4O4. The zero-order valence-corrected chi connectivity index (χ0v) is 14.3. The molecule has 0 saturated heterocycles. The maximum absolute atomic E-state index is 10.5. The first-order chi connectivity index (χ1) is 11.5. The van der Waals surface area contributed by atoms with Crippen LogP contribution in [-0.4, -0.2) is 19.6 Å². The van der Waals surface area contributed by atoms with Gasteiger partial charge in [-0.1, -0.05) is 12.1 Å². The van der Waals surface area contributed by atoms with E-state index >= 15 is 0 Å². The summed E-state index contributed by atoms with van der Waals surface area (Å²) in [6.45, 7) is 0. The Morgan fingerprint density at radius 2 is 1.54 bits per heavy atom. The van der Waals surface area contributed by atoms with E-state index in [-0.39, 0.29) is 11.4 Å². The topological polar surface area (TPSA) is 104 Å². The Kier molecular flexibility index (Phi) is 5.95. The highest BCUT2D eigenvalue weighted by molar-refractivity contribution is 14.1. The molecule has 0 unspecified atom stereocenters. The fourth-order valence-electron chi connectivity index (χ4n) is 1.76. The van der Waals surface area contributed by atoms with Crippen LogP contribution in [0, 0.1) is 23.8 Å². The Labute approximate surface area is 150 Å². The number of halogens is 1. The molecule has 0 fully saturated rings. The summed E-state index contributed by atoms with van der Waals surface area (Å²) < 4.78 is 2.46. The van der Waals surface area contributed by atoms with Gasteiger partial charge in [0.2, 0.25) is 0 Å². The zero-order valence-electron chi connectivity index (χ0n) is 12.2. The van der Waals surface area contributed by atoms with Gasteiger partial charge >= 0.3 is 0 Å². The van der Waals surface area contributed by atoms with Crippen molar-refractivity contribution >= 4 is 34.0 Å². The second kappa shape index (κ2) is 8.15. The van der Waals surface area contributed by atoms with E-state index in [1.54, 1.807) is 41.3 Å². The molecule has 9 heteroatoms. The molecule has 0 amide bonds. The normalized spacial score (nSPS) is 9.71. The molecule has 0 aliphatic heterocycles. The molecule has 0 aliphatic rings. The van der Waals surface area contributed by atoms with Crippen LogP contribution in [0.3, 0.4) is 0 Å². The van der Waals surface area contributed by atoms with Crippen molar-refractivity contribution in [3.8, 4) is 5.69 Å². The molecule has 0 radical (unpaired) electrons. The lowest BCUT2D eigenvalue weighted by atomic mass is 10.3. The van der Waals surface area contributed by atoms with Crippen LogP contribution in [0.4, 0.5) is 11.4 Å². The molecule has 1 aromatic heterocycles. The Hall–Kier alpha value is -2.82. The number of aromatic nitrogens is 2. The van der Waals surface area contributed by atoms with E-state index < -0.39 is 9.85 Å². The molecule has 0 N–H and O–H groups in total. The first kappa shape index (κ1) is 17.5. The Morgan fingerprint density at radius 1 is 0.917 bits per heavy atom. The van der Waals surface area contributed by atoms with Crippen LogP contribution in [0.25, 0.3) is 5.69 Å². The van der Waals surface area contributed by atoms with Crippen LogP contribution in [0.15, 0.2) is 67.0 Å². The van der Waals surface area contributed by atoms with Crippen LogP contribution < -0.4 is 0 Å². The van der Waals surface area contributed by atoms with Gasteiger partial charge in [0.1, 0.15) is 0 Å². The van der Waals surface area contributed by atoms with Crippen molar-refractivity contribution in [1.82, 2.24) is 9.78 Å². The maximum Gasteiger partial charge on any atom is 0.271 e. The smallest absolute Gasteiger partial charge is 0.258 e. The Morgan fingerprint density at radius 3 is 2.04 bits per heavy atom. The van der Waals surface area contributed by atoms with Gasteiger partial charge < -0.3 is 0 Å². The predicted molar refractivity (Wildman–Crippen MR) is 96.0 cm³/mol. The van der Waals surface area contributed by atoms with Crippen molar-refractivity contribution in [3.63, 3.8) is 0 Å². The second-order valence-electron chi connectivity index (χ2n) is 4.46. The molecule has 2 aromatic carbocycles. The highest BCUT2D eigenvalue weighted by Gasteiger charge is 2.06. The van der Waals surface area contributed by atoms with Crippen molar-refractivity contribution in [2.45, 2.75) is 0 Å². The number of hydrogen-bond acceptors (Lipinski definition) is 5. The highest BCUT2D eigenvalue weighted by Crippen LogP contribution is 2.15. The number of hydrogen-bond donors (Lipinski definition) is 0. The second-order valence-corrected chi connectivity index (χ2v) is 5.71. The van der Waals surface area contributed by atoms with E-state index in [1.807, 2.05) is 28.7 Å². The summed E-state index contributed by atoms with van der Waals surface area (Å²) in [6.07, 6.45) is 3.36. The molecule has 1 heterocycles. The van der Waals surface area contributed by atoms with Crippen LogP contribution in [0.1, 0.15) is 0 Å². The van der Waals surface area contributed by atoms with Gasteiger partial charge in [-0.3, -0.25) is 20.2 Å². The van der Waals surface area contributed by atoms with Crippen molar-refractivity contribution < 1.29 is 9.85 Å². The molecule has 0 spiro atoms. The van der Waals surface area contributed by atoms with Crippen LogP contribution >= 0.6 is 22.6 Å². The van der Waals surface area contributed by atoms with Gasteiger partial charge in [0.15, 0.2) is 0 Å². The molecule has 0 atom stereocenters. The van der Waals surface area contributed by atoms with Crippen molar-refractivity contribution in [3.05, 3.63) is 90.8 Å². The third kappa shape index (κ3) is 4.84. The SMILES string of the molecule is O=[N+]([O-])c1cccc(-n2cccn2)c1.O=[N+]([O-])c1cccc(I)c1. The van der Waals surface area contributed by atoms with E-state index in [9.17, 15) is 20.2 Å². The van der Waals surface area contributed by atoms with E-state index in [0.29, 0.717) is 5.69 Å². The number of non-ortho nitro benzene ring substituents is 2. The first-order valence-electron chi connectivity index (χ1n) is 6.62. The van der Waals surface area contributed by atoms with Crippen molar-refractivity contribution in [2.75, 3.05) is 0 Å². The summed E-state index contributed by atoms with van der Waals surface area (Å²) in [7, 11) is 0. The molecule has 8 nitrogen and oxygen atoms in total. The highest BCUT2D eigenvalue weighted by atomic mass is 127. The van der Waals surface area contributed by atoms with Crippen LogP contribution in [0.2, 0.25) is 0 Å². The standard InChI is InChI=1S/C9H7N3O2.C6H4INO2/c13-12(14)9-4-1-3-8(7-9)11-6-2-5-10-11;7-5-2-1-3-6(4-5)8(9)10/h1-7H;1-4H. The van der Waals surface area contributed by atoms with Gasteiger partial charge in [0, 0.05) is 40.2 Å². The molecule has 122 valence electrons. The number of rotatable bonds is 3. The van der Waals surface area contributed by atoms with Gasteiger partial charge in [-0.05, 0) is 40.8 Å². The maximum atomic E-state index is 10.5. The molecule has 0 saturated carbocycles. The van der Waals surface area contributed by atoms with E-state index in [2.05, 4.69) is 5.10 Å². The van der Waals surface area contributed by atoms with E-state index in [0.717, 1.165) is 3.57 Å². The number of benzene rings is 2. The summed E-state index contributed by atoms with van der Waals surface area (Å²) in [5.41, 5.74) is 0.897. The molecule has 3 aromatic rings. The van der Waals surface area contributed by atoms with Gasteiger partial charge in [-0.2, -0.15) is 5.10 Å². The Bertz CT molecular complexity index is 852. The third-order valence-corrected chi connectivity index (χ3v) is 3.50. The van der Waals surface area contributed by atoms with Gasteiger partial charge in [-0.15, -0.1) is 0 Å². The fourth-order valence-corrected chi connectivity index (χ4v) is 2.29. The predicted octanol–water partition coefficient (Wildman–Crippen LogP) is 3.98. The van der Waals surface area contributed by atoms with E-state index in [1.165, 1.54) is 24.3 Å². The summed E-state index contributed by atoms with van der Waals surface area (Å²) in [6, 6.07) is 14.6. The zero-order chi connectivity index (χ0) is 17.5. The quantitative estimate of drug-likeness (QED) is 0.350. The lowest BCUT2D eigenvalue weighted by Gasteiger charge is -1.99. The van der Waals surface area contributed by atoms with Gasteiger partial charge in [0.25, 0.3) is 11.4 Å². The lowest BCUT2D eigenvalue weighted by molar-refractivity contribution is -0.385. The van der Waals surface area contributed by atoms with Crippen molar-refractivity contribution in [1.29, 1.82) is 0 Å². The molecular weight excluding hydrogens is 427 g/mol. The number of nitrogens with zero attached hydrogens (tertiary/aromatic N) is 4. The fraction of sp³-hybridized carbons (Fsp3) is 0. The number of nitro groups is 2. The monoisotopic (exact) mass is 438 g/mol. The van der Waals surface area contributed by atoms with Gasteiger partial charge in [-0.25, -0.2) is 4.68 Å². The van der Waals surface area contributed by atoms with E-state index in [4.69, 9.17) is 0 Å². The molecule has 0 bridgehead atoms. The van der Waals surface area contributed by atoms with Crippen molar-refractivity contribution in [2.24, 2.45) is 0 Å². The first-order valence-corrected chi connectivity index (χ1v) is 7.69. The summed E-state index contributed by atoms with van der Waals surface area (Å²) in [5.74, 6) is 0. The largest absolute Gasteiger partial charge is 0.271 e. The molecule has 0 aliphatic carbocycles. The minimum atomic E-state index is -0.424. The molecule has 3 rings (SSSR count). The average Bonchev–Trinajstić information content (AvgIpc) is 3.10. The summed E-state index contributed by atoms with van der Waals surface area (Å²) >= 11 is 2.03. The minimum absolute atomic E-state index is 0.0676. The van der Waals surface area contributed by atoms with Gasteiger partial charge in [0.05, 0.1) is 15.5 Å². The summed E-state index contributed by atoms with van der Waals surface area (Å²) in [5, 5.41) is 24.6. The average molecular weight is 438 g/mol. The third-order valence-electron chi connectivity index (χ3n) is 2.83. The minimum Gasteiger partial charge on any atom is -0.258 e. The van der Waals surface area contributed by atoms with Crippen LogP contribution in [-0.2, 0) is 0 Å². The number of nitro benzene ring substituents is 2. The molecule has 24 heavy (non-hydrogen) atoms. The lowest BCUT2D eigenvalue weighted by Crippen LogP contribution is -1.95.